The Kier molecular flexibility index (Phi) is 4.58. The van der Waals surface area contributed by atoms with E-state index in [-0.39, 0.29) is 0 Å². The van der Waals surface area contributed by atoms with E-state index in [1.54, 1.807) is 6.20 Å². The molecule has 0 radical (unpaired) electrons. The number of likely N-dealkylation sites (tertiary alicyclic amines) is 1. The van der Waals surface area contributed by atoms with Gasteiger partial charge in [-0.1, -0.05) is 0 Å². The summed E-state index contributed by atoms with van der Waals surface area (Å²) in [7, 11) is 2.07. The Balaban J connectivity index is 1.89. The molecule has 5 heteroatoms. The molecule has 0 amide bonds. The topological polar surface area (TPSA) is 58.3 Å². The normalized spacial score (nSPS) is 17.6. The molecule has 1 atom stereocenters. The number of rotatable bonds is 5. The Morgan fingerprint density at radius 1 is 1.42 bits per heavy atom. The summed E-state index contributed by atoms with van der Waals surface area (Å²) in [5.41, 5.74) is 6.74. The van der Waals surface area contributed by atoms with Crippen LogP contribution >= 0.6 is 0 Å². The highest BCUT2D eigenvalue weighted by Crippen LogP contribution is 2.18. The van der Waals surface area contributed by atoms with Crippen molar-refractivity contribution in [1.29, 1.82) is 0 Å². The fraction of sp³-hybridized carbons (Fsp3) is 0.714. The maximum absolute atomic E-state index is 5.66. The van der Waals surface area contributed by atoms with Crippen LogP contribution in [0.15, 0.2) is 6.20 Å². The molecule has 5 nitrogen and oxygen atoms in total. The number of anilines is 2. The Hall–Kier alpha value is -1.36. The van der Waals surface area contributed by atoms with E-state index < -0.39 is 0 Å². The van der Waals surface area contributed by atoms with Gasteiger partial charge in [0.25, 0.3) is 0 Å². The van der Waals surface area contributed by atoms with Gasteiger partial charge in [0.1, 0.15) is 5.82 Å². The first-order valence-electron chi connectivity index (χ1n) is 7.12. The van der Waals surface area contributed by atoms with Gasteiger partial charge >= 0.3 is 0 Å². The van der Waals surface area contributed by atoms with E-state index in [9.17, 15) is 0 Å². The Morgan fingerprint density at radius 3 is 2.79 bits per heavy atom. The highest BCUT2D eigenvalue weighted by Gasteiger charge is 2.18. The van der Waals surface area contributed by atoms with Crippen LogP contribution in [0.3, 0.4) is 0 Å². The zero-order valence-corrected chi connectivity index (χ0v) is 12.3. The fourth-order valence-corrected chi connectivity index (χ4v) is 2.68. The molecule has 2 N–H and O–H groups in total. The monoisotopic (exact) mass is 263 g/mol. The maximum atomic E-state index is 5.66. The van der Waals surface area contributed by atoms with E-state index >= 15 is 0 Å². The molecule has 1 fully saturated rings. The molecule has 0 saturated carbocycles. The lowest BCUT2D eigenvalue weighted by molar-refractivity contribution is 0.249. The molecule has 1 saturated heterocycles. The number of hydrogen-bond acceptors (Lipinski definition) is 5. The summed E-state index contributed by atoms with van der Waals surface area (Å²) in [5, 5.41) is 0. The molecule has 0 aliphatic carbocycles. The van der Waals surface area contributed by atoms with Crippen LogP contribution in [0.2, 0.25) is 0 Å². The van der Waals surface area contributed by atoms with Gasteiger partial charge in [-0.3, -0.25) is 0 Å². The lowest BCUT2D eigenvalue weighted by atomic mass is 10.2. The van der Waals surface area contributed by atoms with Crippen molar-refractivity contribution in [3.8, 4) is 0 Å². The number of nitrogens with two attached hydrogens (primary N) is 1. The minimum atomic E-state index is 0.347. The summed E-state index contributed by atoms with van der Waals surface area (Å²) in [6.07, 6.45) is 5.64. The summed E-state index contributed by atoms with van der Waals surface area (Å²) in [5.74, 6) is 1.29. The van der Waals surface area contributed by atoms with E-state index in [0.717, 1.165) is 24.3 Å². The van der Waals surface area contributed by atoms with E-state index in [1.807, 2.05) is 6.92 Å². The third-order valence-corrected chi connectivity index (χ3v) is 3.97. The number of nitrogen functional groups attached to an aromatic ring is 1. The molecule has 1 aromatic heterocycles. The molecule has 1 aliphatic heterocycles. The van der Waals surface area contributed by atoms with Crippen LogP contribution in [0.4, 0.5) is 11.8 Å². The third kappa shape index (κ3) is 3.56. The SMILES string of the molecule is Cc1cnc(N)nc1N(C)CC[C@H](C)N1CCCC1. The van der Waals surface area contributed by atoms with E-state index in [4.69, 9.17) is 5.73 Å². The van der Waals surface area contributed by atoms with Crippen LogP contribution in [0.1, 0.15) is 31.7 Å². The number of hydrogen-bond donors (Lipinski definition) is 1. The lowest BCUT2D eigenvalue weighted by Crippen LogP contribution is -2.34. The number of aryl methyl sites for hydroxylation is 1. The molecule has 2 rings (SSSR count). The molecular formula is C14H25N5. The van der Waals surface area contributed by atoms with Crippen LogP contribution in [-0.2, 0) is 0 Å². The molecule has 1 aromatic rings. The number of nitrogens with zero attached hydrogens (tertiary/aromatic N) is 4. The van der Waals surface area contributed by atoms with Gasteiger partial charge in [-0.25, -0.2) is 4.98 Å². The average molecular weight is 263 g/mol. The summed E-state index contributed by atoms with van der Waals surface area (Å²) < 4.78 is 0. The molecule has 1 aliphatic rings. The Bertz CT molecular complexity index is 414. The van der Waals surface area contributed by atoms with Gasteiger partial charge in [-0.2, -0.15) is 4.98 Å². The maximum Gasteiger partial charge on any atom is 0.221 e. The summed E-state index contributed by atoms with van der Waals surface area (Å²) in [6, 6.07) is 0.643. The van der Waals surface area contributed by atoms with Gasteiger partial charge in [0.2, 0.25) is 5.95 Å². The van der Waals surface area contributed by atoms with Gasteiger partial charge in [-0.15, -0.1) is 0 Å². The van der Waals surface area contributed by atoms with Crippen molar-refractivity contribution in [2.75, 3.05) is 37.3 Å². The Morgan fingerprint density at radius 2 is 2.11 bits per heavy atom. The van der Waals surface area contributed by atoms with Crippen molar-refractivity contribution < 1.29 is 0 Å². The number of aromatic nitrogens is 2. The first-order chi connectivity index (χ1) is 9.08. The standard InChI is InChI=1S/C14H25N5/c1-11-10-16-14(15)17-13(11)18(3)9-6-12(2)19-7-4-5-8-19/h10,12H,4-9H2,1-3H3,(H2,15,16,17)/t12-/m0/s1. The largest absolute Gasteiger partial charge is 0.368 e. The molecule has 106 valence electrons. The predicted molar refractivity (Wildman–Crippen MR) is 79.3 cm³/mol. The summed E-state index contributed by atoms with van der Waals surface area (Å²) in [6.45, 7) is 7.85. The second-order valence-electron chi connectivity index (χ2n) is 5.54. The van der Waals surface area contributed by atoms with Gasteiger partial charge in [0.15, 0.2) is 0 Å². The van der Waals surface area contributed by atoms with Crippen molar-refractivity contribution in [3.63, 3.8) is 0 Å². The van der Waals surface area contributed by atoms with Crippen molar-refractivity contribution in [1.82, 2.24) is 14.9 Å². The molecule has 2 heterocycles. The molecule has 0 spiro atoms. The molecule has 0 unspecified atom stereocenters. The van der Waals surface area contributed by atoms with Crippen LogP contribution in [0.5, 0.6) is 0 Å². The smallest absolute Gasteiger partial charge is 0.221 e. The first kappa shape index (κ1) is 14.1. The van der Waals surface area contributed by atoms with Crippen molar-refractivity contribution in [3.05, 3.63) is 11.8 Å². The molecular weight excluding hydrogens is 238 g/mol. The van der Waals surface area contributed by atoms with E-state index in [2.05, 4.69) is 33.7 Å². The average Bonchev–Trinajstić information content (AvgIpc) is 2.92. The minimum Gasteiger partial charge on any atom is -0.368 e. The van der Waals surface area contributed by atoms with Crippen molar-refractivity contribution in [2.45, 2.75) is 39.2 Å². The second-order valence-corrected chi connectivity index (χ2v) is 5.54. The van der Waals surface area contributed by atoms with Crippen LogP contribution in [0.25, 0.3) is 0 Å². The zero-order chi connectivity index (χ0) is 13.8. The highest BCUT2D eigenvalue weighted by atomic mass is 15.2. The van der Waals surface area contributed by atoms with Gasteiger partial charge < -0.3 is 15.5 Å². The highest BCUT2D eigenvalue weighted by molar-refractivity contribution is 5.47. The molecule has 0 aromatic carbocycles. The fourth-order valence-electron chi connectivity index (χ4n) is 2.68. The summed E-state index contributed by atoms with van der Waals surface area (Å²) >= 11 is 0. The summed E-state index contributed by atoms with van der Waals surface area (Å²) in [4.78, 5) is 13.1. The first-order valence-corrected chi connectivity index (χ1v) is 7.12. The predicted octanol–water partition coefficient (Wildman–Crippen LogP) is 1.68. The van der Waals surface area contributed by atoms with Crippen molar-refractivity contribution in [2.24, 2.45) is 0 Å². The quantitative estimate of drug-likeness (QED) is 0.876. The van der Waals surface area contributed by atoms with Gasteiger partial charge in [0, 0.05) is 31.4 Å². The van der Waals surface area contributed by atoms with Crippen molar-refractivity contribution >= 4 is 11.8 Å². The second kappa shape index (κ2) is 6.19. The lowest BCUT2D eigenvalue weighted by Gasteiger charge is -2.27. The van der Waals surface area contributed by atoms with Crippen LogP contribution < -0.4 is 10.6 Å². The van der Waals surface area contributed by atoms with Crippen LogP contribution in [-0.4, -0.2) is 47.6 Å². The zero-order valence-electron chi connectivity index (χ0n) is 12.3. The van der Waals surface area contributed by atoms with E-state index in [0.29, 0.717) is 12.0 Å². The van der Waals surface area contributed by atoms with Crippen LogP contribution in [0, 0.1) is 6.92 Å². The third-order valence-electron chi connectivity index (χ3n) is 3.97. The van der Waals surface area contributed by atoms with Gasteiger partial charge in [-0.05, 0) is 46.2 Å². The molecule has 0 bridgehead atoms. The van der Waals surface area contributed by atoms with E-state index in [1.165, 1.54) is 25.9 Å². The minimum absolute atomic E-state index is 0.347. The van der Waals surface area contributed by atoms with Gasteiger partial charge in [0.05, 0.1) is 0 Å². The molecule has 19 heavy (non-hydrogen) atoms. The Labute approximate surface area is 115 Å².